The van der Waals surface area contributed by atoms with Gasteiger partial charge < -0.3 is 10.2 Å². The molecule has 0 heterocycles. The summed E-state index contributed by atoms with van der Waals surface area (Å²) in [5.74, 6) is 0.109. The van der Waals surface area contributed by atoms with Crippen LogP contribution in [0.5, 0.6) is 0 Å². The van der Waals surface area contributed by atoms with E-state index in [0.717, 1.165) is 12.8 Å². The summed E-state index contributed by atoms with van der Waals surface area (Å²) >= 11 is 0. The monoisotopic (exact) mass is 291 g/mol. The van der Waals surface area contributed by atoms with Gasteiger partial charge in [-0.05, 0) is 25.8 Å². The molecule has 112 valence electrons. The molecule has 0 bridgehead atoms. The lowest BCUT2D eigenvalue weighted by Crippen LogP contribution is -2.38. The zero-order valence-corrected chi connectivity index (χ0v) is 12.9. The minimum absolute atomic E-state index is 0.109. The number of carbonyl (C=O) groups is 1. The summed E-state index contributed by atoms with van der Waals surface area (Å²) in [7, 11) is -1.27. The fourth-order valence-corrected chi connectivity index (χ4v) is 2.85. The highest BCUT2D eigenvalue weighted by molar-refractivity contribution is 7.88. The molecular weight excluding hydrogens is 266 g/mol. The van der Waals surface area contributed by atoms with Crippen molar-refractivity contribution in [2.24, 2.45) is 0 Å². The highest BCUT2D eigenvalue weighted by atomic mass is 32.2. The fourth-order valence-electron chi connectivity index (χ4n) is 1.92. The number of carbonyl (C=O) groups excluding carboxylic acids is 1. The second-order valence-corrected chi connectivity index (χ2v) is 7.00. The van der Waals surface area contributed by atoms with Crippen molar-refractivity contribution in [2.75, 3.05) is 39.5 Å². The van der Waals surface area contributed by atoms with Gasteiger partial charge in [-0.2, -0.15) is 0 Å². The minimum atomic E-state index is -3.10. The lowest BCUT2D eigenvalue weighted by Gasteiger charge is -2.18. The van der Waals surface area contributed by atoms with Gasteiger partial charge in [-0.15, -0.1) is 0 Å². The molecular formula is C12H25N3O3S. The molecule has 0 aromatic heterocycles. The SMILES string of the molecule is CCN(CCCNCC(=O)N(C)C1CC1)S(C)(=O)=O. The standard InChI is InChI=1S/C12H25N3O3S/c1-4-15(19(3,17)18)9-5-8-13-10-12(16)14(2)11-6-7-11/h11,13H,4-10H2,1-3H3. The van der Waals surface area contributed by atoms with Crippen molar-refractivity contribution in [3.63, 3.8) is 0 Å². The van der Waals surface area contributed by atoms with Crippen LogP contribution in [0.3, 0.4) is 0 Å². The molecule has 1 rings (SSSR count). The van der Waals surface area contributed by atoms with Crippen LogP contribution in [-0.2, 0) is 14.8 Å². The smallest absolute Gasteiger partial charge is 0.236 e. The molecule has 6 nitrogen and oxygen atoms in total. The quantitative estimate of drug-likeness (QED) is 0.601. The first-order chi connectivity index (χ1) is 8.86. The van der Waals surface area contributed by atoms with Gasteiger partial charge in [0.2, 0.25) is 15.9 Å². The summed E-state index contributed by atoms with van der Waals surface area (Å²) in [5.41, 5.74) is 0. The zero-order valence-electron chi connectivity index (χ0n) is 12.1. The van der Waals surface area contributed by atoms with Crippen LogP contribution in [0.25, 0.3) is 0 Å². The van der Waals surface area contributed by atoms with E-state index in [-0.39, 0.29) is 5.91 Å². The van der Waals surface area contributed by atoms with Crippen LogP contribution >= 0.6 is 0 Å². The number of hydrogen-bond acceptors (Lipinski definition) is 4. The van der Waals surface area contributed by atoms with Crippen LogP contribution in [-0.4, -0.2) is 69.1 Å². The largest absolute Gasteiger partial charge is 0.342 e. The van der Waals surface area contributed by atoms with Crippen molar-refractivity contribution in [1.29, 1.82) is 0 Å². The van der Waals surface area contributed by atoms with E-state index in [1.807, 2.05) is 14.0 Å². The molecule has 1 fully saturated rings. The Kier molecular flexibility index (Phi) is 6.22. The molecule has 7 heteroatoms. The lowest BCUT2D eigenvalue weighted by atomic mass is 10.4. The van der Waals surface area contributed by atoms with Crippen LogP contribution in [0.4, 0.5) is 0 Å². The average molecular weight is 291 g/mol. The van der Waals surface area contributed by atoms with Crippen LogP contribution in [0.15, 0.2) is 0 Å². The molecule has 0 aromatic carbocycles. The summed E-state index contributed by atoms with van der Waals surface area (Å²) in [6.45, 7) is 3.79. The van der Waals surface area contributed by atoms with E-state index in [0.29, 0.717) is 38.6 Å². The third-order valence-corrected chi connectivity index (χ3v) is 4.73. The van der Waals surface area contributed by atoms with E-state index in [4.69, 9.17) is 0 Å². The number of amides is 1. The van der Waals surface area contributed by atoms with Gasteiger partial charge in [0, 0.05) is 26.2 Å². The normalized spacial score (nSPS) is 15.8. The van der Waals surface area contributed by atoms with Gasteiger partial charge in [0.15, 0.2) is 0 Å². The predicted octanol–water partition coefficient (Wildman–Crippen LogP) is -0.132. The molecule has 0 aromatic rings. The molecule has 1 aliphatic carbocycles. The molecule has 0 radical (unpaired) electrons. The van der Waals surface area contributed by atoms with Crippen molar-refractivity contribution >= 4 is 15.9 Å². The maximum Gasteiger partial charge on any atom is 0.236 e. The summed E-state index contributed by atoms with van der Waals surface area (Å²) in [6, 6.07) is 0.440. The van der Waals surface area contributed by atoms with Gasteiger partial charge in [-0.1, -0.05) is 6.92 Å². The third-order valence-electron chi connectivity index (χ3n) is 3.35. The molecule has 0 unspecified atom stereocenters. The Labute approximate surface area is 116 Å². The first-order valence-electron chi connectivity index (χ1n) is 6.77. The van der Waals surface area contributed by atoms with Crippen LogP contribution in [0, 0.1) is 0 Å². The Bertz CT molecular complexity index is 393. The average Bonchev–Trinajstić information content (AvgIpc) is 3.14. The molecule has 0 atom stereocenters. The number of hydrogen-bond donors (Lipinski definition) is 1. The summed E-state index contributed by atoms with van der Waals surface area (Å²) < 4.78 is 24.1. The number of likely N-dealkylation sites (N-methyl/N-ethyl adjacent to an activating group) is 1. The Morgan fingerprint density at radius 3 is 2.47 bits per heavy atom. The van der Waals surface area contributed by atoms with Gasteiger partial charge in [0.25, 0.3) is 0 Å². The van der Waals surface area contributed by atoms with E-state index in [1.54, 1.807) is 4.90 Å². The molecule has 1 aliphatic rings. The Hall–Kier alpha value is -0.660. The maximum atomic E-state index is 11.7. The van der Waals surface area contributed by atoms with Crippen LogP contribution in [0.2, 0.25) is 0 Å². The Morgan fingerprint density at radius 2 is 2.00 bits per heavy atom. The minimum Gasteiger partial charge on any atom is -0.342 e. The van der Waals surface area contributed by atoms with Gasteiger partial charge in [0.1, 0.15) is 0 Å². The molecule has 0 saturated heterocycles. The summed E-state index contributed by atoms with van der Waals surface area (Å²) in [4.78, 5) is 13.5. The van der Waals surface area contributed by atoms with E-state index in [2.05, 4.69) is 5.32 Å². The first kappa shape index (κ1) is 16.4. The van der Waals surface area contributed by atoms with Crippen molar-refractivity contribution in [2.45, 2.75) is 32.2 Å². The van der Waals surface area contributed by atoms with E-state index in [9.17, 15) is 13.2 Å². The van der Waals surface area contributed by atoms with E-state index >= 15 is 0 Å². The van der Waals surface area contributed by atoms with Gasteiger partial charge in [0.05, 0.1) is 12.8 Å². The summed E-state index contributed by atoms with van der Waals surface area (Å²) in [5, 5.41) is 3.07. The zero-order chi connectivity index (χ0) is 14.5. The number of nitrogens with zero attached hydrogens (tertiary/aromatic N) is 2. The van der Waals surface area contributed by atoms with Crippen LogP contribution < -0.4 is 5.32 Å². The maximum absolute atomic E-state index is 11.7. The third kappa shape index (κ3) is 5.88. The predicted molar refractivity (Wildman–Crippen MR) is 75.4 cm³/mol. The topological polar surface area (TPSA) is 69.7 Å². The second-order valence-electron chi connectivity index (χ2n) is 5.02. The second kappa shape index (κ2) is 7.21. The summed E-state index contributed by atoms with van der Waals surface area (Å²) in [6.07, 6.45) is 4.16. The Morgan fingerprint density at radius 1 is 1.37 bits per heavy atom. The van der Waals surface area contributed by atoms with Crippen molar-refractivity contribution in [1.82, 2.24) is 14.5 Å². The van der Waals surface area contributed by atoms with Crippen molar-refractivity contribution < 1.29 is 13.2 Å². The highest BCUT2D eigenvalue weighted by Gasteiger charge is 2.28. The Balaban J connectivity index is 2.12. The van der Waals surface area contributed by atoms with Gasteiger partial charge in [-0.3, -0.25) is 4.79 Å². The number of nitrogens with one attached hydrogen (secondary N) is 1. The van der Waals surface area contributed by atoms with Gasteiger partial charge >= 0.3 is 0 Å². The molecule has 0 aliphatic heterocycles. The highest BCUT2D eigenvalue weighted by Crippen LogP contribution is 2.24. The lowest BCUT2D eigenvalue weighted by molar-refractivity contribution is -0.129. The van der Waals surface area contributed by atoms with Gasteiger partial charge in [-0.25, -0.2) is 12.7 Å². The van der Waals surface area contributed by atoms with Crippen LogP contribution in [0.1, 0.15) is 26.2 Å². The number of sulfonamides is 1. The van der Waals surface area contributed by atoms with E-state index < -0.39 is 10.0 Å². The fraction of sp³-hybridized carbons (Fsp3) is 0.917. The molecule has 0 spiro atoms. The molecule has 1 N–H and O–H groups in total. The van der Waals surface area contributed by atoms with E-state index in [1.165, 1.54) is 10.6 Å². The first-order valence-corrected chi connectivity index (χ1v) is 8.62. The van der Waals surface area contributed by atoms with Crippen molar-refractivity contribution in [3.8, 4) is 0 Å². The van der Waals surface area contributed by atoms with Crippen molar-refractivity contribution in [3.05, 3.63) is 0 Å². The molecule has 1 amide bonds. The molecule has 1 saturated carbocycles. The number of rotatable bonds is 9. The molecule has 19 heavy (non-hydrogen) atoms.